The van der Waals surface area contributed by atoms with Crippen molar-refractivity contribution in [3.8, 4) is 69.0 Å². The van der Waals surface area contributed by atoms with Crippen LogP contribution < -0.4 is 69.7 Å². The van der Waals surface area contributed by atoms with Crippen LogP contribution in [-0.2, 0) is 62.8 Å². The molecule has 13 heteroatoms. The molecular formula is C84H112Cl2O8P2Ru. The van der Waals surface area contributed by atoms with Crippen LogP contribution in [0.4, 0.5) is 0 Å². The molecule has 2 aliphatic heterocycles. The van der Waals surface area contributed by atoms with Gasteiger partial charge in [0.15, 0.2) is 23.0 Å². The number of hydrogen-bond acceptors (Lipinski definition) is 8. The Hall–Kier alpha value is -5.36. The van der Waals surface area contributed by atoms with Gasteiger partial charge < -0.3 is 37.9 Å². The summed E-state index contributed by atoms with van der Waals surface area (Å²) in [6.45, 7) is 61.3. The molecule has 0 N–H and O–H groups in total. The Bertz CT molecular complexity index is 3540. The summed E-state index contributed by atoms with van der Waals surface area (Å²) in [6.07, 6.45) is 0. The van der Waals surface area contributed by atoms with Crippen molar-refractivity contribution in [3.05, 3.63) is 140 Å². The van der Waals surface area contributed by atoms with Crippen LogP contribution in [0.2, 0.25) is 0 Å². The van der Waals surface area contributed by atoms with E-state index in [1.54, 1.807) is 0 Å². The van der Waals surface area contributed by atoms with Crippen molar-refractivity contribution >= 4 is 72.5 Å². The van der Waals surface area contributed by atoms with E-state index in [4.69, 9.17) is 37.9 Å². The number of benzene rings is 6. The molecule has 8 nitrogen and oxygen atoms in total. The van der Waals surface area contributed by atoms with Crippen LogP contribution in [0.15, 0.2) is 95.4 Å². The van der Waals surface area contributed by atoms with Gasteiger partial charge in [-0.05, 0) is 177 Å². The molecule has 0 saturated heterocycles. The summed E-state index contributed by atoms with van der Waals surface area (Å²) in [4.78, 5) is 0. The number of allylic oxidation sites excluding steroid dienone is 2. The topological polar surface area (TPSA) is 73.8 Å². The zero-order valence-corrected chi connectivity index (χ0v) is 69.4. The standard InChI is InChI=1S/C74H100O8P2.C10H10.2ClH.Ru/c1-67(2,3)47-33-43(34-48(61(47)75-25)68(4,5)6)83(44-35-49(69(7,8)9)62(76-26)50(36-44)70(10,11)12)57-31-29-55-65(81-41-79-55)59(57)60-58(32-30-56-66(60)82-42-80-56)84(45-37-51(71(13,14)15)63(77-27)52(38-45)72(16,17)18)46-39-53(73(19,20)21)64(78-28)54(40-46)74(22,23)24;1-8(2)10-6-4-9(3)5-7-10;;;/h29-40H,41-42H2,1-28H3;8H,1-3H3;2*1H;. The molecule has 3 aliphatic rings. The van der Waals surface area contributed by atoms with E-state index >= 15 is 0 Å². The van der Waals surface area contributed by atoms with E-state index in [0.717, 1.165) is 100 Å². The Morgan fingerprint density at radius 2 is 0.598 bits per heavy atom. The molecule has 2 heterocycles. The molecular weight excluding hydrogens is 1370 g/mol. The quantitative estimate of drug-likeness (QED) is 0.0519. The van der Waals surface area contributed by atoms with E-state index < -0.39 is 15.8 Å². The van der Waals surface area contributed by atoms with Gasteiger partial charge in [0.25, 0.3) is 0 Å². The van der Waals surface area contributed by atoms with Gasteiger partial charge in [-0.1, -0.05) is 203 Å². The monoisotopic (exact) mass is 1480 g/mol. The van der Waals surface area contributed by atoms with E-state index in [9.17, 15) is 0 Å². The summed E-state index contributed by atoms with van der Waals surface area (Å²) in [5, 5.41) is 6.98. The summed E-state index contributed by atoms with van der Waals surface area (Å²) < 4.78 is 53.1. The molecule has 97 heavy (non-hydrogen) atoms. The molecule has 6 aromatic carbocycles. The van der Waals surface area contributed by atoms with Crippen LogP contribution in [0.5, 0.6) is 46.0 Å². The summed E-state index contributed by atoms with van der Waals surface area (Å²) in [5.41, 5.74) is 16.8. The average molecular weight is 1480 g/mol. The molecule has 0 spiro atoms. The van der Waals surface area contributed by atoms with Crippen molar-refractivity contribution in [2.45, 2.75) is 230 Å². The van der Waals surface area contributed by atoms with E-state index in [-0.39, 0.29) is 101 Å². The first-order chi connectivity index (χ1) is 43.3. The van der Waals surface area contributed by atoms with E-state index in [1.165, 1.54) is 21.2 Å². The summed E-state index contributed by atoms with van der Waals surface area (Å²) in [7, 11) is 4.29. The molecule has 0 amide bonds. The summed E-state index contributed by atoms with van der Waals surface area (Å²) in [5.74, 6) is 12.9. The third kappa shape index (κ3) is 17.3. The third-order valence-corrected chi connectivity index (χ3v) is 22.5. The predicted octanol–water partition coefficient (Wildman–Crippen LogP) is 19.9. The number of hydrogen-bond donors (Lipinski definition) is 0. The third-order valence-electron chi connectivity index (χ3n) is 17.7. The van der Waals surface area contributed by atoms with Gasteiger partial charge in [-0.2, -0.15) is 0 Å². The predicted molar refractivity (Wildman–Crippen MR) is 414 cm³/mol. The minimum absolute atomic E-state index is 0. The van der Waals surface area contributed by atoms with E-state index in [0.29, 0.717) is 28.9 Å². The van der Waals surface area contributed by atoms with Crippen LogP contribution in [0.1, 0.15) is 231 Å². The Morgan fingerprint density at radius 3 is 0.784 bits per heavy atom. The fourth-order valence-corrected chi connectivity index (χ4v) is 17.7. The molecule has 0 atom stereocenters. The van der Waals surface area contributed by atoms with Crippen molar-refractivity contribution in [1.29, 1.82) is 0 Å². The molecule has 0 saturated carbocycles. The van der Waals surface area contributed by atoms with Crippen LogP contribution in [0.3, 0.4) is 0 Å². The van der Waals surface area contributed by atoms with Crippen molar-refractivity contribution in [1.82, 2.24) is 0 Å². The largest absolute Gasteiger partial charge is 0.496 e. The first-order valence-electron chi connectivity index (χ1n) is 33.4. The molecule has 1 aliphatic carbocycles. The zero-order chi connectivity index (χ0) is 70.1. The maximum atomic E-state index is 6.98. The molecule has 0 bridgehead atoms. The van der Waals surface area contributed by atoms with E-state index in [1.807, 2.05) is 35.4 Å². The molecule has 0 aromatic heterocycles. The fraction of sp³-hybridized carbons (Fsp3) is 0.500. The van der Waals surface area contributed by atoms with Crippen LogP contribution in [0, 0.1) is 17.8 Å². The van der Waals surface area contributed by atoms with Crippen LogP contribution in [0.25, 0.3) is 11.1 Å². The maximum absolute atomic E-state index is 6.98. The summed E-state index contributed by atoms with van der Waals surface area (Å²) >= 11 is 0. The first kappa shape index (κ1) is 82.3. The Kier molecular flexibility index (Phi) is 25.5. The second kappa shape index (κ2) is 30.1. The fourth-order valence-electron chi connectivity index (χ4n) is 12.6. The second-order valence-corrected chi connectivity index (χ2v) is 38.4. The van der Waals surface area contributed by atoms with Crippen molar-refractivity contribution in [2.75, 3.05) is 42.0 Å². The first-order valence-corrected chi connectivity index (χ1v) is 36.1. The van der Waals surface area contributed by atoms with Crippen LogP contribution in [-0.4, -0.2) is 42.0 Å². The van der Waals surface area contributed by atoms with Gasteiger partial charge in [-0.25, -0.2) is 0 Å². The van der Waals surface area contributed by atoms with Gasteiger partial charge in [0.05, 0.1) is 34.0 Å². The van der Waals surface area contributed by atoms with Crippen LogP contribution >= 0.6 is 40.7 Å². The smallest absolute Gasteiger partial charge is 0.231 e. The van der Waals surface area contributed by atoms with E-state index in [2.05, 4.69) is 276 Å². The van der Waals surface area contributed by atoms with Crippen molar-refractivity contribution in [2.24, 2.45) is 5.92 Å². The number of ether oxygens (including phenoxy) is 8. The number of rotatable bonds is 12. The number of fused-ring (bicyclic) bond motifs is 2. The van der Waals surface area contributed by atoms with Gasteiger partial charge in [0, 0.05) is 80.7 Å². The molecule has 0 unspecified atom stereocenters. The SMILES string of the molecule is CC1=C=C=C(C(C)C)C#C1.COc1c(C(C)(C)C)cc(P(c2cc(C(C)(C)C)c(OC)c(C(C)(C)C)c2)c2ccc3c(c2-c2c(P(c4cc(C(C)(C)C)c(OC)c(C(C)(C)C)c4)c4cc(C(C)(C)C)c(OC)c(C(C)(C)C)c4)ccc4c2OCO4)OCO3)cc1C(C)(C)C.Cl.Cl.[Ru]. The minimum Gasteiger partial charge on any atom is -0.496 e. The normalized spacial score (nSPS) is 13.8. The van der Waals surface area contributed by atoms with Gasteiger partial charge in [0.2, 0.25) is 13.6 Å². The Labute approximate surface area is 612 Å². The zero-order valence-electron chi connectivity index (χ0n) is 64.3. The van der Waals surface area contributed by atoms with Crippen molar-refractivity contribution < 1.29 is 57.4 Å². The number of methoxy groups -OCH3 is 4. The Morgan fingerprint density at radius 1 is 0.361 bits per heavy atom. The van der Waals surface area contributed by atoms with Gasteiger partial charge in [-0.3, -0.25) is 0 Å². The van der Waals surface area contributed by atoms with Gasteiger partial charge in [0.1, 0.15) is 23.0 Å². The summed E-state index contributed by atoms with van der Waals surface area (Å²) in [6, 6.07) is 28.4. The maximum Gasteiger partial charge on any atom is 0.231 e. The molecule has 0 radical (unpaired) electrons. The average Bonchev–Trinajstić information content (AvgIpc) is 1.69. The second-order valence-electron chi connectivity index (χ2n) is 34.0. The molecule has 6 aromatic rings. The number of halogens is 2. The minimum atomic E-state index is -1.50. The molecule has 9 rings (SSSR count). The molecule has 528 valence electrons. The van der Waals surface area contributed by atoms with Gasteiger partial charge >= 0.3 is 0 Å². The Balaban J connectivity index is 0.00000120. The van der Waals surface area contributed by atoms with Crippen molar-refractivity contribution in [3.63, 3.8) is 0 Å². The van der Waals surface area contributed by atoms with Gasteiger partial charge in [-0.15, -0.1) is 24.8 Å². The molecule has 0 fully saturated rings.